The second kappa shape index (κ2) is 47.1. The summed E-state index contributed by atoms with van der Waals surface area (Å²) in [6.45, 7) is 0. The Kier molecular flexibility index (Phi) is 36.8. The van der Waals surface area contributed by atoms with Gasteiger partial charge in [0.15, 0.2) is 29.5 Å². The summed E-state index contributed by atoms with van der Waals surface area (Å²) in [5, 5.41) is 38.9. The van der Waals surface area contributed by atoms with Crippen molar-refractivity contribution >= 4 is 134 Å². The maximum Gasteiger partial charge on any atom is 0.336 e. The molecule has 4 N–H and O–H groups in total. The van der Waals surface area contributed by atoms with Gasteiger partial charge in [0.2, 0.25) is 0 Å². The van der Waals surface area contributed by atoms with Crippen molar-refractivity contribution in [3.8, 4) is 0 Å². The maximum absolute atomic E-state index is 12.8. The Morgan fingerprint density at radius 3 is 0.949 bits per heavy atom. The largest absolute Gasteiger partial charge is 0.478 e. The number of Topliss-reactive ketones (excluding diaryl/α,β-unsaturated/α-hetero) is 1. The van der Waals surface area contributed by atoms with Crippen LogP contribution >= 0.6 is 74.6 Å². The standard InChI is InChI=1S/C25H24O3S.C24H24O4S2.C23H21ClO4S2.C22H19BrO4S2/c26-22(13-11-19-7-3-1-4-8-19)17-21-12-14-23(18-24(21)25(27)28)29-16-15-20-9-5-2-6-10-20;25-24(26)23-17-22(29-15-13-19-7-3-1-4-8-19)12-11-21(23)18-30(27,28)16-14-20-9-5-2-6-10-20;24-20-9-6-18(7-10-20)15-30(27,28)16-19-8-11-21(14-22(19)23(25)26)29-13-12-17-4-2-1-3-5-17;23-20-8-4-5-9-21(20)29(26,27)15-17-10-11-18(14-19(17)22(24)25)28-13-12-16-6-2-1-3-7-16/h1-10,12,14,18H,11,13,15-17H2,(H,27,28);1-12,17H,13-16,18H2,(H,25,26);1-11,14H,12-13,15-16H2,(H,25,26);1-11,14H,12-13,15H2,(H,24,25). The van der Waals surface area contributed by atoms with Crippen LogP contribution in [0.2, 0.25) is 5.02 Å². The van der Waals surface area contributed by atoms with Crippen molar-refractivity contribution < 1.29 is 69.7 Å². The zero-order valence-corrected chi connectivity index (χ0v) is 72.3. The highest BCUT2D eigenvalue weighted by Gasteiger charge is 2.25. The molecule has 0 saturated carbocycles. The lowest BCUT2D eigenvalue weighted by Gasteiger charge is -2.11. The molecule has 12 rings (SSSR count). The molecule has 0 aliphatic rings. The number of carboxylic acids is 4. The molecule has 0 aliphatic heterocycles. The molecule has 12 aromatic rings. The van der Waals surface area contributed by atoms with Gasteiger partial charge in [-0.3, -0.25) is 4.79 Å². The molecular weight excluding hydrogens is 1710 g/mol. The molecule has 0 fully saturated rings. The monoisotopic (exact) mass is 1790 g/mol. The fraction of sp³-hybridized carbons (Fsp3) is 0.181. The summed E-state index contributed by atoms with van der Waals surface area (Å²) in [6.07, 6.45) is 5.20. The second-order valence-corrected chi connectivity index (χ2v) is 39.4. The molecule has 0 aliphatic carbocycles. The number of carbonyl (C=O) groups is 5. The van der Waals surface area contributed by atoms with Crippen LogP contribution in [-0.4, -0.2) is 104 Å². The Labute approximate surface area is 721 Å². The average molecular weight is 1800 g/mol. The molecule has 0 amide bonds. The molecule has 118 heavy (non-hydrogen) atoms. The van der Waals surface area contributed by atoms with Crippen molar-refractivity contribution in [2.45, 2.75) is 98.9 Å². The lowest BCUT2D eigenvalue weighted by atomic mass is 9.99. The van der Waals surface area contributed by atoms with E-state index in [1.165, 1.54) is 28.3 Å². The number of aryl methyl sites for hydroxylation is 6. The van der Waals surface area contributed by atoms with Gasteiger partial charge in [0.25, 0.3) is 0 Å². The van der Waals surface area contributed by atoms with Crippen molar-refractivity contribution in [2.75, 3.05) is 28.8 Å². The first-order valence-electron chi connectivity index (χ1n) is 37.6. The minimum atomic E-state index is -3.68. The van der Waals surface area contributed by atoms with Crippen LogP contribution in [0.3, 0.4) is 0 Å². The molecular formula is C94H88BrClO15S7. The lowest BCUT2D eigenvalue weighted by Crippen LogP contribution is -2.14. The highest BCUT2D eigenvalue weighted by Crippen LogP contribution is 2.32. The van der Waals surface area contributed by atoms with Crippen LogP contribution in [0.1, 0.15) is 109 Å². The number of benzene rings is 12. The Bertz CT molecular complexity index is 5660. The lowest BCUT2D eigenvalue weighted by molar-refractivity contribution is -0.118. The molecule has 0 bridgehead atoms. The number of carboxylic acid groups (broad SMARTS) is 4. The first-order valence-corrected chi connectivity index (χ1v) is 48.0. The number of hydrogen-bond acceptors (Lipinski definition) is 15. The summed E-state index contributed by atoms with van der Waals surface area (Å²) < 4.78 is 76.4. The van der Waals surface area contributed by atoms with E-state index in [4.69, 9.17) is 11.6 Å². The molecule has 0 atom stereocenters. The van der Waals surface area contributed by atoms with E-state index in [2.05, 4.69) is 64.5 Å². The maximum atomic E-state index is 12.8. The van der Waals surface area contributed by atoms with Crippen molar-refractivity contribution in [3.05, 3.63) is 396 Å². The molecule has 15 nitrogen and oxygen atoms in total. The Hall–Kier alpha value is -9.79. The van der Waals surface area contributed by atoms with Gasteiger partial charge in [-0.1, -0.05) is 242 Å². The highest BCUT2D eigenvalue weighted by molar-refractivity contribution is 9.10. The predicted molar refractivity (Wildman–Crippen MR) is 481 cm³/mol. The van der Waals surface area contributed by atoms with E-state index < -0.39 is 53.4 Å². The summed E-state index contributed by atoms with van der Waals surface area (Å²) in [4.78, 5) is 62.8. The van der Waals surface area contributed by atoms with Gasteiger partial charge in [-0.05, 0) is 188 Å². The quantitative estimate of drug-likeness (QED) is 0.0264. The molecule has 24 heteroatoms. The van der Waals surface area contributed by atoms with E-state index in [9.17, 15) is 69.7 Å². The van der Waals surface area contributed by atoms with Gasteiger partial charge < -0.3 is 20.4 Å². The van der Waals surface area contributed by atoms with Gasteiger partial charge in [0.05, 0.1) is 55.9 Å². The van der Waals surface area contributed by atoms with E-state index in [1.807, 2.05) is 146 Å². The number of ketones is 1. The van der Waals surface area contributed by atoms with Crippen LogP contribution in [0.25, 0.3) is 0 Å². The second-order valence-electron chi connectivity index (χ2n) is 27.2. The molecule has 610 valence electrons. The molecule has 0 heterocycles. The normalized spacial score (nSPS) is 11.2. The first kappa shape index (κ1) is 92.1. The molecule has 0 unspecified atom stereocenters. The summed E-state index contributed by atoms with van der Waals surface area (Å²) >= 11 is 15.4. The smallest absolute Gasteiger partial charge is 0.336 e. The Morgan fingerprint density at radius 2 is 0.602 bits per heavy atom. The number of rotatable bonds is 37. The van der Waals surface area contributed by atoms with Crippen molar-refractivity contribution in [2.24, 2.45) is 0 Å². The predicted octanol–water partition coefficient (Wildman–Crippen LogP) is 21.3. The fourth-order valence-electron chi connectivity index (χ4n) is 12.2. The van der Waals surface area contributed by atoms with Crippen LogP contribution in [0.5, 0.6) is 0 Å². The fourth-order valence-corrected chi connectivity index (χ4v) is 21.5. The van der Waals surface area contributed by atoms with Crippen LogP contribution in [0, 0.1) is 0 Å². The topological polar surface area (TPSA) is 269 Å². The van der Waals surface area contributed by atoms with Gasteiger partial charge in [-0.15, -0.1) is 47.0 Å². The highest BCUT2D eigenvalue weighted by atomic mass is 79.9. The van der Waals surface area contributed by atoms with E-state index in [1.54, 1.807) is 150 Å². The number of carbonyl (C=O) groups excluding carboxylic acids is 1. The van der Waals surface area contributed by atoms with Crippen LogP contribution < -0.4 is 0 Å². The first-order chi connectivity index (χ1) is 56.7. The summed E-state index contributed by atoms with van der Waals surface area (Å²) in [5.41, 5.74) is 9.43. The summed E-state index contributed by atoms with van der Waals surface area (Å²) in [6, 6.07) is 93.1. The molecule has 0 saturated heterocycles. The van der Waals surface area contributed by atoms with Crippen LogP contribution in [0.4, 0.5) is 0 Å². The minimum absolute atomic E-state index is 0.0103. The third-order valence-corrected chi connectivity index (χ3v) is 28.3. The van der Waals surface area contributed by atoms with E-state index in [-0.39, 0.29) is 73.7 Å². The van der Waals surface area contributed by atoms with Crippen molar-refractivity contribution in [1.29, 1.82) is 0 Å². The molecule has 0 aromatic heterocycles. The SMILES string of the molecule is O=C(CCc1ccccc1)Cc1ccc(SCCc2ccccc2)cc1C(=O)O.O=C(O)c1cc(SCCc2ccccc2)ccc1CS(=O)(=O)CCc1ccccc1.O=C(O)c1cc(SCCc2ccccc2)ccc1CS(=O)(=O)Cc1ccc(Cl)cc1.O=C(O)c1cc(SCCc2ccccc2)ccc1CS(=O)(=O)c1ccccc1Br. The Balaban J connectivity index is 0.000000179. The molecule has 12 aromatic carbocycles. The number of hydrogen-bond donors (Lipinski definition) is 4. The zero-order valence-electron chi connectivity index (χ0n) is 64.3. The minimum Gasteiger partial charge on any atom is -0.478 e. The van der Waals surface area contributed by atoms with Gasteiger partial charge >= 0.3 is 23.9 Å². The van der Waals surface area contributed by atoms with Crippen molar-refractivity contribution in [1.82, 2.24) is 0 Å². The zero-order chi connectivity index (χ0) is 84.3. The van der Waals surface area contributed by atoms with Crippen LogP contribution in [0.15, 0.2) is 332 Å². The number of aromatic carboxylic acids is 4. The van der Waals surface area contributed by atoms with Crippen molar-refractivity contribution in [3.63, 3.8) is 0 Å². The third-order valence-electron chi connectivity index (χ3n) is 18.3. The summed E-state index contributed by atoms with van der Waals surface area (Å²) in [7, 11) is -10.6. The van der Waals surface area contributed by atoms with Gasteiger partial charge in [0.1, 0.15) is 5.78 Å². The molecule has 0 spiro atoms. The van der Waals surface area contributed by atoms with Gasteiger partial charge in [-0.2, -0.15) is 0 Å². The van der Waals surface area contributed by atoms with Gasteiger partial charge in [-0.25, -0.2) is 44.4 Å². The summed E-state index contributed by atoms with van der Waals surface area (Å²) in [5.74, 6) is -2.14. The Morgan fingerprint density at radius 1 is 0.305 bits per heavy atom. The number of sulfone groups is 3. The average Bonchev–Trinajstić information content (AvgIpc) is 0.806. The molecule has 0 radical (unpaired) electrons. The number of halogens is 2. The van der Waals surface area contributed by atoms with E-state index >= 15 is 0 Å². The van der Waals surface area contributed by atoms with Gasteiger partial charge in [0, 0.05) is 64.9 Å². The van der Waals surface area contributed by atoms with Crippen LogP contribution in [-0.2, 0) is 102 Å². The third kappa shape index (κ3) is 31.8. The number of thioether (sulfide) groups is 4. The van der Waals surface area contributed by atoms with E-state index in [0.717, 1.165) is 79.4 Å². The van der Waals surface area contributed by atoms with E-state index in [0.29, 0.717) is 51.0 Å².